The van der Waals surface area contributed by atoms with E-state index in [9.17, 15) is 0 Å². The summed E-state index contributed by atoms with van der Waals surface area (Å²) in [6.45, 7) is 7.42. The van der Waals surface area contributed by atoms with Crippen molar-refractivity contribution in [1.29, 1.82) is 0 Å². The van der Waals surface area contributed by atoms with Crippen LogP contribution < -0.4 is 19.7 Å². The quantitative estimate of drug-likeness (QED) is 0.559. The SMILES string of the molecule is CCCCOc1c/c(=N\CC2CCCCO2)n2c(c1C)-c1ccc(OC)c(OC)c1CC2. The Morgan fingerprint density at radius 2 is 2.03 bits per heavy atom. The van der Waals surface area contributed by atoms with Crippen molar-refractivity contribution in [2.45, 2.75) is 65.0 Å². The van der Waals surface area contributed by atoms with E-state index in [0.29, 0.717) is 13.2 Å². The first kappa shape index (κ1) is 22.7. The molecule has 0 N–H and O–H groups in total. The Morgan fingerprint density at radius 1 is 1.16 bits per heavy atom. The molecule has 32 heavy (non-hydrogen) atoms. The molecule has 174 valence electrons. The van der Waals surface area contributed by atoms with Gasteiger partial charge >= 0.3 is 0 Å². The van der Waals surface area contributed by atoms with Crippen LogP contribution in [0.3, 0.4) is 0 Å². The molecule has 2 aliphatic heterocycles. The fraction of sp³-hybridized carbons (Fsp3) is 0.577. The number of benzene rings is 1. The summed E-state index contributed by atoms with van der Waals surface area (Å²) in [6, 6.07) is 6.24. The zero-order valence-electron chi connectivity index (χ0n) is 19.9. The lowest BCUT2D eigenvalue weighted by atomic mass is 9.93. The first-order valence-electron chi connectivity index (χ1n) is 11.9. The summed E-state index contributed by atoms with van der Waals surface area (Å²) in [5.41, 5.74) is 5.61. The maximum absolute atomic E-state index is 6.23. The fourth-order valence-electron chi connectivity index (χ4n) is 4.75. The summed E-state index contributed by atoms with van der Waals surface area (Å²) >= 11 is 0. The Morgan fingerprint density at radius 3 is 2.75 bits per heavy atom. The van der Waals surface area contributed by atoms with Gasteiger partial charge in [-0.15, -0.1) is 0 Å². The molecule has 2 aromatic rings. The van der Waals surface area contributed by atoms with Crippen LogP contribution in [0, 0.1) is 6.92 Å². The highest BCUT2D eigenvalue weighted by atomic mass is 16.5. The number of ether oxygens (including phenoxy) is 4. The van der Waals surface area contributed by atoms with Gasteiger partial charge in [-0.25, -0.2) is 0 Å². The molecule has 1 saturated heterocycles. The molecule has 2 aliphatic rings. The van der Waals surface area contributed by atoms with Gasteiger partial charge in [0.05, 0.1) is 39.2 Å². The van der Waals surface area contributed by atoms with E-state index >= 15 is 0 Å². The topological polar surface area (TPSA) is 54.2 Å². The number of hydrogen-bond donors (Lipinski definition) is 0. The maximum Gasteiger partial charge on any atom is 0.164 e. The normalized spacial score (nSPS) is 18.1. The second-order valence-corrected chi connectivity index (χ2v) is 8.60. The Kier molecular flexibility index (Phi) is 7.40. The molecule has 0 spiro atoms. The van der Waals surface area contributed by atoms with E-state index in [0.717, 1.165) is 84.8 Å². The van der Waals surface area contributed by atoms with Crippen LogP contribution >= 0.6 is 0 Å². The molecule has 1 aromatic carbocycles. The van der Waals surface area contributed by atoms with Gasteiger partial charge in [0.25, 0.3) is 0 Å². The van der Waals surface area contributed by atoms with E-state index < -0.39 is 0 Å². The minimum Gasteiger partial charge on any atom is -0.493 e. The van der Waals surface area contributed by atoms with Crippen molar-refractivity contribution in [3.8, 4) is 28.5 Å². The van der Waals surface area contributed by atoms with E-state index in [4.69, 9.17) is 23.9 Å². The smallest absolute Gasteiger partial charge is 0.164 e. The second kappa shape index (κ2) is 10.4. The van der Waals surface area contributed by atoms with Gasteiger partial charge < -0.3 is 23.5 Å². The second-order valence-electron chi connectivity index (χ2n) is 8.60. The first-order chi connectivity index (χ1) is 15.7. The number of pyridine rings is 1. The highest BCUT2D eigenvalue weighted by molar-refractivity contribution is 5.75. The highest BCUT2D eigenvalue weighted by Gasteiger charge is 2.25. The molecule has 0 radical (unpaired) electrons. The molecule has 0 amide bonds. The van der Waals surface area contributed by atoms with E-state index in [2.05, 4.69) is 30.5 Å². The van der Waals surface area contributed by atoms with Gasteiger partial charge in [0.1, 0.15) is 11.2 Å². The zero-order valence-corrected chi connectivity index (χ0v) is 19.9. The van der Waals surface area contributed by atoms with Crippen molar-refractivity contribution in [3.05, 3.63) is 34.8 Å². The molecule has 1 fully saturated rings. The average Bonchev–Trinajstić information content (AvgIpc) is 2.84. The highest BCUT2D eigenvalue weighted by Crippen LogP contribution is 2.42. The molecule has 3 heterocycles. The lowest BCUT2D eigenvalue weighted by Gasteiger charge is -2.28. The third-order valence-corrected chi connectivity index (χ3v) is 6.51. The van der Waals surface area contributed by atoms with Crippen LogP contribution in [-0.4, -0.2) is 44.6 Å². The number of fused-ring (bicyclic) bond motifs is 3. The Balaban J connectivity index is 1.82. The van der Waals surface area contributed by atoms with E-state index in [1.807, 2.05) is 6.07 Å². The predicted octanol–water partition coefficient (Wildman–Crippen LogP) is 4.69. The third kappa shape index (κ3) is 4.51. The molecule has 6 heteroatoms. The minimum atomic E-state index is 0.214. The van der Waals surface area contributed by atoms with Crippen LogP contribution in [0.5, 0.6) is 17.2 Å². The zero-order chi connectivity index (χ0) is 22.5. The molecule has 0 bridgehead atoms. The summed E-state index contributed by atoms with van der Waals surface area (Å²) in [7, 11) is 3.40. The number of unbranched alkanes of at least 4 members (excludes halogenated alkanes) is 1. The molecule has 0 saturated carbocycles. The summed E-state index contributed by atoms with van der Waals surface area (Å²) in [6.07, 6.45) is 6.68. The van der Waals surface area contributed by atoms with Crippen molar-refractivity contribution in [2.75, 3.05) is 34.0 Å². The van der Waals surface area contributed by atoms with Crippen molar-refractivity contribution in [1.82, 2.24) is 4.57 Å². The summed E-state index contributed by atoms with van der Waals surface area (Å²) in [4.78, 5) is 5.02. The summed E-state index contributed by atoms with van der Waals surface area (Å²) in [5, 5.41) is 0. The molecule has 6 nitrogen and oxygen atoms in total. The Hall–Kier alpha value is -2.47. The number of hydrogen-bond acceptors (Lipinski definition) is 5. The van der Waals surface area contributed by atoms with E-state index in [1.165, 1.54) is 12.0 Å². The van der Waals surface area contributed by atoms with Crippen LogP contribution in [0.25, 0.3) is 11.3 Å². The number of aromatic nitrogens is 1. The van der Waals surface area contributed by atoms with Crippen LogP contribution in [0.2, 0.25) is 0 Å². The molecule has 0 aliphatic carbocycles. The van der Waals surface area contributed by atoms with Crippen molar-refractivity contribution >= 4 is 0 Å². The molecular weight excluding hydrogens is 404 g/mol. The minimum absolute atomic E-state index is 0.214. The lowest BCUT2D eigenvalue weighted by molar-refractivity contribution is 0.0219. The molecule has 1 unspecified atom stereocenters. The Bertz CT molecular complexity index is 1010. The van der Waals surface area contributed by atoms with E-state index in [1.54, 1.807) is 14.2 Å². The monoisotopic (exact) mass is 440 g/mol. The number of methoxy groups -OCH3 is 2. The van der Waals surface area contributed by atoms with Crippen LogP contribution in [0.15, 0.2) is 23.2 Å². The van der Waals surface area contributed by atoms with Gasteiger partial charge in [-0.2, -0.15) is 0 Å². The fourth-order valence-corrected chi connectivity index (χ4v) is 4.75. The van der Waals surface area contributed by atoms with Gasteiger partial charge in [-0.1, -0.05) is 13.3 Å². The average molecular weight is 441 g/mol. The van der Waals surface area contributed by atoms with Gasteiger partial charge in [-0.05, 0) is 51.2 Å². The van der Waals surface area contributed by atoms with Gasteiger partial charge in [0.2, 0.25) is 0 Å². The summed E-state index contributed by atoms with van der Waals surface area (Å²) in [5.74, 6) is 2.50. The third-order valence-electron chi connectivity index (χ3n) is 6.51. The first-order valence-corrected chi connectivity index (χ1v) is 11.9. The molecular formula is C26H36N2O4. The van der Waals surface area contributed by atoms with Gasteiger partial charge in [-0.3, -0.25) is 4.99 Å². The van der Waals surface area contributed by atoms with Crippen LogP contribution in [0.1, 0.15) is 50.2 Å². The van der Waals surface area contributed by atoms with Crippen molar-refractivity contribution in [2.24, 2.45) is 4.99 Å². The number of nitrogens with zero attached hydrogens (tertiary/aromatic N) is 2. The van der Waals surface area contributed by atoms with Crippen molar-refractivity contribution < 1.29 is 18.9 Å². The lowest BCUT2D eigenvalue weighted by Crippen LogP contribution is -2.30. The van der Waals surface area contributed by atoms with Crippen LogP contribution in [0.4, 0.5) is 0 Å². The van der Waals surface area contributed by atoms with Gasteiger partial charge in [0, 0.05) is 35.9 Å². The molecule has 4 rings (SSSR count). The van der Waals surface area contributed by atoms with Crippen molar-refractivity contribution in [3.63, 3.8) is 0 Å². The predicted molar refractivity (Wildman–Crippen MR) is 126 cm³/mol. The summed E-state index contributed by atoms with van der Waals surface area (Å²) < 4.78 is 25.8. The Labute approximate surface area is 191 Å². The molecule has 1 atom stereocenters. The standard InChI is InChI=1S/C26H36N2O4/c1-5-6-14-32-23-16-24(27-17-19-9-7-8-15-31-19)28-13-12-21-20(25(28)18(23)2)10-11-22(29-3)26(21)30-4/h10-11,16,19H,5-9,12-15,17H2,1-4H3/b27-24+. The molecule has 1 aromatic heterocycles. The van der Waals surface area contributed by atoms with Gasteiger partial charge in [0.15, 0.2) is 11.5 Å². The number of rotatable bonds is 8. The largest absolute Gasteiger partial charge is 0.493 e. The maximum atomic E-state index is 6.23. The van der Waals surface area contributed by atoms with E-state index in [-0.39, 0.29) is 6.10 Å². The van der Waals surface area contributed by atoms with Crippen LogP contribution in [-0.2, 0) is 17.7 Å².